The third kappa shape index (κ3) is 4.86. The Labute approximate surface area is 131 Å². The van der Waals surface area contributed by atoms with Crippen molar-refractivity contribution < 1.29 is 9.59 Å². The van der Waals surface area contributed by atoms with Crippen LogP contribution < -0.4 is 4.40 Å². The zero-order valence-electron chi connectivity index (χ0n) is 12.0. The molecular formula is C17H17GeNO2. The van der Waals surface area contributed by atoms with E-state index in [9.17, 15) is 9.59 Å². The second-order valence-electron chi connectivity index (χ2n) is 4.72. The number of hydrogen-bond acceptors (Lipinski definition) is 2. The van der Waals surface area contributed by atoms with E-state index in [0.717, 1.165) is 0 Å². The monoisotopic (exact) mass is 341 g/mol. The molecule has 0 unspecified atom stereocenters. The van der Waals surface area contributed by atoms with Crippen molar-refractivity contribution in [3.8, 4) is 0 Å². The van der Waals surface area contributed by atoms with Gasteiger partial charge in [0.1, 0.15) is 0 Å². The van der Waals surface area contributed by atoms with Gasteiger partial charge in [0.05, 0.1) is 0 Å². The Balaban J connectivity index is 1.83. The second kappa shape index (κ2) is 7.79. The minimum absolute atomic E-state index is 0.0251. The molecule has 21 heavy (non-hydrogen) atoms. The SMILES string of the molecule is C[N]([Ge][c]1ccccc1)C(=O)CCC(=O)c1ccccc1. The molecule has 4 heteroatoms. The summed E-state index contributed by atoms with van der Waals surface area (Å²) in [6.45, 7) is 0. The summed E-state index contributed by atoms with van der Waals surface area (Å²) in [4.78, 5) is 24.1. The van der Waals surface area contributed by atoms with Crippen LogP contribution >= 0.6 is 0 Å². The average molecular weight is 340 g/mol. The zero-order chi connectivity index (χ0) is 15.1. The van der Waals surface area contributed by atoms with Crippen LogP contribution in [-0.4, -0.2) is 38.2 Å². The first-order valence-electron chi connectivity index (χ1n) is 6.83. The maximum absolute atomic E-state index is 12.1. The van der Waals surface area contributed by atoms with Gasteiger partial charge in [-0.2, -0.15) is 0 Å². The van der Waals surface area contributed by atoms with Crippen molar-refractivity contribution in [1.29, 1.82) is 0 Å². The Morgan fingerprint density at radius 2 is 1.48 bits per heavy atom. The van der Waals surface area contributed by atoms with Crippen LogP contribution in [0.3, 0.4) is 0 Å². The Morgan fingerprint density at radius 3 is 2.10 bits per heavy atom. The molecule has 106 valence electrons. The van der Waals surface area contributed by atoms with Crippen molar-refractivity contribution in [1.82, 2.24) is 3.86 Å². The number of hydrogen-bond donors (Lipinski definition) is 0. The molecule has 0 aliphatic heterocycles. The zero-order valence-corrected chi connectivity index (χ0v) is 14.0. The summed E-state index contributed by atoms with van der Waals surface area (Å²) in [5, 5.41) is 0. The fourth-order valence-corrected chi connectivity index (χ4v) is 3.95. The van der Waals surface area contributed by atoms with Crippen molar-refractivity contribution in [2.45, 2.75) is 12.8 Å². The van der Waals surface area contributed by atoms with E-state index >= 15 is 0 Å². The Morgan fingerprint density at radius 1 is 0.905 bits per heavy atom. The molecule has 0 aromatic heterocycles. The number of benzene rings is 2. The number of carbonyl (C=O) groups is 2. The van der Waals surface area contributed by atoms with E-state index < -0.39 is 15.7 Å². The van der Waals surface area contributed by atoms with Crippen molar-refractivity contribution in [2.24, 2.45) is 0 Å². The summed E-state index contributed by atoms with van der Waals surface area (Å²) in [6.07, 6.45) is 0.550. The third-order valence-electron chi connectivity index (χ3n) is 3.11. The van der Waals surface area contributed by atoms with Crippen LogP contribution in [-0.2, 0) is 4.79 Å². The standard InChI is InChI=1S/C17H17GeNO2/c1-19(18-15-10-6-3-7-11-15)17(21)13-12-16(20)14-8-4-2-5-9-14/h2-11H,12-13H2,1H3. The van der Waals surface area contributed by atoms with Crippen LogP contribution in [0, 0.1) is 0 Å². The van der Waals surface area contributed by atoms with Crippen LogP contribution in [0.5, 0.6) is 0 Å². The molecule has 0 saturated heterocycles. The molecule has 0 heterocycles. The molecule has 2 radical (unpaired) electrons. The molecule has 0 fully saturated rings. The predicted octanol–water partition coefficient (Wildman–Crippen LogP) is 2.05. The molecular weight excluding hydrogens is 323 g/mol. The number of rotatable bonds is 6. The summed E-state index contributed by atoms with van der Waals surface area (Å²) in [5.74, 6) is 0.0696. The number of Topliss-reactive ketones (excluding diaryl/α,β-unsaturated/α-hetero) is 1. The van der Waals surface area contributed by atoms with Crippen LogP contribution in [0.4, 0.5) is 0 Å². The molecule has 0 saturated carbocycles. The fraction of sp³-hybridized carbons (Fsp3) is 0.176. The van der Waals surface area contributed by atoms with Gasteiger partial charge in [-0.25, -0.2) is 0 Å². The van der Waals surface area contributed by atoms with E-state index in [1.54, 1.807) is 16.0 Å². The second-order valence-corrected chi connectivity index (χ2v) is 7.81. The maximum atomic E-state index is 12.1. The van der Waals surface area contributed by atoms with Gasteiger partial charge in [0.25, 0.3) is 0 Å². The van der Waals surface area contributed by atoms with Crippen molar-refractivity contribution in [2.75, 3.05) is 7.05 Å². The topological polar surface area (TPSA) is 37.4 Å². The number of amides is 1. The molecule has 2 aromatic carbocycles. The summed E-state index contributed by atoms with van der Waals surface area (Å²) >= 11 is -0.636. The van der Waals surface area contributed by atoms with Gasteiger partial charge in [-0.05, 0) is 0 Å². The molecule has 2 rings (SSSR count). The summed E-state index contributed by atoms with van der Waals surface area (Å²) < 4.78 is 3.00. The van der Waals surface area contributed by atoms with Crippen molar-refractivity contribution in [3.63, 3.8) is 0 Å². The van der Waals surface area contributed by atoms with E-state index in [1.807, 2.05) is 55.6 Å². The van der Waals surface area contributed by atoms with Crippen LogP contribution in [0.1, 0.15) is 23.2 Å². The predicted molar refractivity (Wildman–Crippen MR) is 84.6 cm³/mol. The van der Waals surface area contributed by atoms with Gasteiger partial charge in [0.2, 0.25) is 0 Å². The first kappa shape index (κ1) is 15.5. The van der Waals surface area contributed by atoms with E-state index in [4.69, 9.17) is 0 Å². The molecule has 0 aliphatic rings. The van der Waals surface area contributed by atoms with Crippen LogP contribution in [0.2, 0.25) is 0 Å². The molecule has 0 atom stereocenters. The first-order chi connectivity index (χ1) is 10.2. The van der Waals surface area contributed by atoms with E-state index in [0.29, 0.717) is 5.56 Å². The molecule has 0 aliphatic carbocycles. The molecule has 0 N–H and O–H groups in total. The molecule has 1 amide bonds. The normalized spacial score (nSPS) is 10.1. The average Bonchev–Trinajstić information content (AvgIpc) is 2.54. The Kier molecular flexibility index (Phi) is 5.75. The van der Waals surface area contributed by atoms with Gasteiger partial charge in [-0.15, -0.1) is 0 Å². The third-order valence-corrected chi connectivity index (χ3v) is 5.57. The summed E-state index contributed by atoms with van der Waals surface area (Å²) in [7, 11) is 1.82. The van der Waals surface area contributed by atoms with Gasteiger partial charge in [-0.1, -0.05) is 0 Å². The van der Waals surface area contributed by atoms with Gasteiger partial charge in [0.15, 0.2) is 0 Å². The Hall–Kier alpha value is -1.88. The minimum atomic E-state index is -0.636. The van der Waals surface area contributed by atoms with E-state index in [2.05, 4.69) is 0 Å². The molecule has 0 bridgehead atoms. The van der Waals surface area contributed by atoms with Crippen LogP contribution in [0.25, 0.3) is 0 Å². The van der Waals surface area contributed by atoms with Gasteiger partial charge in [-0.3, -0.25) is 0 Å². The summed E-state index contributed by atoms with van der Waals surface area (Å²) in [5.41, 5.74) is 0.673. The molecule has 2 aromatic rings. The van der Waals surface area contributed by atoms with E-state index in [-0.39, 0.29) is 24.5 Å². The summed E-state index contributed by atoms with van der Waals surface area (Å²) in [6, 6.07) is 19.1. The van der Waals surface area contributed by atoms with Crippen LogP contribution in [0.15, 0.2) is 60.7 Å². The van der Waals surface area contributed by atoms with E-state index in [1.165, 1.54) is 4.40 Å². The van der Waals surface area contributed by atoms with Crippen molar-refractivity contribution >= 4 is 31.7 Å². The van der Waals surface area contributed by atoms with Gasteiger partial charge < -0.3 is 0 Å². The fourth-order valence-electron chi connectivity index (χ4n) is 1.93. The first-order valence-corrected chi connectivity index (χ1v) is 8.82. The number of nitrogens with zero attached hydrogens (tertiary/aromatic N) is 1. The molecule has 0 spiro atoms. The molecule has 3 nitrogen and oxygen atoms in total. The van der Waals surface area contributed by atoms with Gasteiger partial charge in [0, 0.05) is 0 Å². The van der Waals surface area contributed by atoms with Crippen molar-refractivity contribution in [3.05, 3.63) is 66.2 Å². The number of ketones is 1. The quantitative estimate of drug-likeness (QED) is 0.596. The Bertz CT molecular complexity index is 599. The van der Waals surface area contributed by atoms with Gasteiger partial charge >= 0.3 is 131 Å². The number of carbonyl (C=O) groups excluding carboxylic acids is 2.